The number of unbranched alkanes of at least 4 members (excludes halogenated alkanes) is 1. The maximum absolute atomic E-state index is 13.8. The molecule has 0 saturated carbocycles. The number of Topliss-reactive ketones (excluding diaryl/α,β-unsaturated/α-hetero) is 1. The van der Waals surface area contributed by atoms with Crippen LogP contribution in [0.1, 0.15) is 85.6 Å². The van der Waals surface area contributed by atoms with E-state index in [1.165, 1.54) is 7.11 Å². The molecule has 0 radical (unpaired) electrons. The Labute approximate surface area is 333 Å². The fraction of sp³-hybridized carbons (Fsp3) is 0.722. The van der Waals surface area contributed by atoms with E-state index in [0.717, 1.165) is 24.8 Å². The van der Waals surface area contributed by atoms with Gasteiger partial charge < -0.3 is 0 Å². The summed E-state index contributed by atoms with van der Waals surface area (Å²) in [5, 5.41) is 15.5. The van der Waals surface area contributed by atoms with Gasteiger partial charge in [-0.25, -0.2) is 0 Å². The Morgan fingerprint density at radius 1 is 0.940 bits per heavy atom. The molecule has 0 aliphatic heterocycles. The van der Waals surface area contributed by atoms with E-state index in [4.69, 9.17) is 12.5 Å². The molecule has 11 nitrogen and oxygen atoms in total. The Hall–Kier alpha value is -0.510. The molecule has 0 bridgehead atoms. The van der Waals surface area contributed by atoms with Gasteiger partial charge >= 0.3 is 329 Å². The number of rotatable bonds is 29. The zero-order chi connectivity index (χ0) is 37.5. The molecule has 290 valence electrons. The fourth-order valence-corrected chi connectivity index (χ4v) is 12.0. The summed E-state index contributed by atoms with van der Waals surface area (Å²) in [5.74, 6) is -0.172. The van der Waals surface area contributed by atoms with Gasteiger partial charge in [-0.05, 0) is 0 Å². The second-order valence-corrected chi connectivity index (χ2v) is 19.2. The summed E-state index contributed by atoms with van der Waals surface area (Å²) >= 11 is -0.416. The van der Waals surface area contributed by atoms with E-state index in [2.05, 4.69) is 49.4 Å². The predicted molar refractivity (Wildman–Crippen MR) is 189 cm³/mol. The van der Waals surface area contributed by atoms with Crippen molar-refractivity contribution in [3.63, 3.8) is 0 Å². The van der Waals surface area contributed by atoms with Gasteiger partial charge in [-0.15, -0.1) is 0 Å². The van der Waals surface area contributed by atoms with E-state index in [1.54, 1.807) is 29.9 Å². The molecule has 0 amide bonds. The number of carbonyl (C=O) groups is 4. The molecule has 0 fully saturated rings. The molecule has 14 heteroatoms. The normalized spacial score (nSPS) is 16.5. The summed E-state index contributed by atoms with van der Waals surface area (Å²) in [6.45, 7) is 12.9. The third-order valence-corrected chi connectivity index (χ3v) is 17.0. The number of halogens is 3. The standard InChI is InChI=1S/C36H57I3O11/c1-8-10-17-30(32(40)20-25(4)26(5)24(3)9-2)33(41)27(6)34(42)39-31(21-28-15-12-11-13-16-28)35(43)38-18-14-19-46-22-29(48-37)23-47-36(44)49-50-45-7/h11-13,15-16,24-27,29-31,33,41H,8-10,14,17-23H2,1-7H3/q-2/t24-,25+,26?,27?,29?,30?,31?,33?/m0/s1. The van der Waals surface area contributed by atoms with Gasteiger partial charge in [0.05, 0.1) is 7.11 Å². The summed E-state index contributed by atoms with van der Waals surface area (Å²) in [4.78, 5) is 60.7. The van der Waals surface area contributed by atoms with Gasteiger partial charge in [0.15, 0.2) is 0 Å². The number of alkyl halides is 2. The maximum atomic E-state index is 13.8. The van der Waals surface area contributed by atoms with Crippen LogP contribution in [-0.2, 0) is 48.2 Å². The van der Waals surface area contributed by atoms with E-state index in [0.29, 0.717) is 48.6 Å². The Morgan fingerprint density at radius 2 is 1.64 bits per heavy atom. The molecule has 1 aromatic carbocycles. The molecule has 0 aromatic heterocycles. The van der Waals surface area contributed by atoms with Gasteiger partial charge in [0.2, 0.25) is 0 Å². The van der Waals surface area contributed by atoms with Crippen molar-refractivity contribution >= 4 is 42.5 Å². The predicted octanol–water partition coefficient (Wildman–Crippen LogP) is 0.698. The van der Waals surface area contributed by atoms with Gasteiger partial charge in [0.25, 0.3) is 0 Å². The molecule has 0 heterocycles. The molecule has 8 atom stereocenters. The Balaban J connectivity index is 2.82. The zero-order valence-electron chi connectivity index (χ0n) is 30.4. The van der Waals surface area contributed by atoms with E-state index in [-0.39, 0.29) is 36.4 Å². The van der Waals surface area contributed by atoms with Crippen LogP contribution in [0.3, 0.4) is 0 Å². The molecule has 50 heavy (non-hydrogen) atoms. The monoisotopic (exact) mass is 1050 g/mol. The van der Waals surface area contributed by atoms with Gasteiger partial charge in [-0.2, -0.15) is 0 Å². The molecule has 1 N–H and O–H groups in total. The minimum absolute atomic E-state index is 0.0412. The first-order valence-corrected chi connectivity index (χ1v) is 23.1. The van der Waals surface area contributed by atoms with Gasteiger partial charge in [-0.3, -0.25) is 0 Å². The van der Waals surface area contributed by atoms with Gasteiger partial charge in [0, 0.05) is 0 Å². The zero-order valence-corrected chi connectivity index (χ0v) is 36.9. The SMILES string of the molecule is CCCCC(C(=O)C[C@@H](C)C(C)[C@@H](C)CC)C(O)C(C)C(=O)[I-]C(Cc1ccccc1)C(=O)[I-]CCCOCC(COC(=O)OOOC)OI. The van der Waals surface area contributed by atoms with Crippen molar-refractivity contribution < 1.29 is 94.0 Å². The second-order valence-electron chi connectivity index (χ2n) is 12.6. The van der Waals surface area contributed by atoms with Gasteiger partial charge in [-0.1, -0.05) is 0 Å². The van der Waals surface area contributed by atoms with E-state index in [9.17, 15) is 24.3 Å². The van der Waals surface area contributed by atoms with Crippen LogP contribution in [0.25, 0.3) is 0 Å². The summed E-state index contributed by atoms with van der Waals surface area (Å²) in [6.07, 6.45) is 2.20. The van der Waals surface area contributed by atoms with Crippen molar-refractivity contribution in [2.24, 2.45) is 29.6 Å². The molecular formula is C36H57I3O11-2. The van der Waals surface area contributed by atoms with E-state index < -0.39 is 72.6 Å². The number of aliphatic hydroxyl groups is 1. The quantitative estimate of drug-likeness (QED) is 0.0231. The van der Waals surface area contributed by atoms with E-state index in [1.807, 2.05) is 30.3 Å². The molecule has 1 aromatic rings. The van der Waals surface area contributed by atoms with Crippen LogP contribution in [0.2, 0.25) is 0 Å². The van der Waals surface area contributed by atoms with Crippen LogP contribution in [-0.4, -0.2) is 72.1 Å². The summed E-state index contributed by atoms with van der Waals surface area (Å²) < 4.78 is 16.1. The van der Waals surface area contributed by atoms with Crippen LogP contribution in [0.5, 0.6) is 0 Å². The first-order chi connectivity index (χ1) is 23.9. The summed E-state index contributed by atoms with van der Waals surface area (Å²) in [6, 6.07) is 9.72. The Kier molecular flexibility index (Phi) is 26.6. The Bertz CT molecular complexity index is 1110. The second kappa shape index (κ2) is 28.0. The van der Waals surface area contributed by atoms with Crippen LogP contribution >= 0.6 is 23.0 Å². The Morgan fingerprint density at radius 3 is 2.26 bits per heavy atom. The molecule has 6 unspecified atom stereocenters. The van der Waals surface area contributed by atoms with Crippen LogP contribution in [0, 0.1) is 29.6 Å². The number of carbonyl (C=O) groups excluding carboxylic acids is 4. The molecule has 1 rings (SSSR count). The van der Waals surface area contributed by atoms with Crippen molar-refractivity contribution in [3.8, 4) is 0 Å². The molecule has 0 aliphatic rings. The third kappa shape index (κ3) is 19.0. The number of aliphatic hydroxyl groups excluding tert-OH is 1. The average molecular weight is 1050 g/mol. The van der Waals surface area contributed by atoms with E-state index >= 15 is 0 Å². The van der Waals surface area contributed by atoms with Crippen LogP contribution in [0.4, 0.5) is 4.79 Å². The summed E-state index contributed by atoms with van der Waals surface area (Å²) in [5.41, 5.74) is 1.00. The molecule has 0 saturated heterocycles. The van der Waals surface area contributed by atoms with Gasteiger partial charge in [0.1, 0.15) is 0 Å². The average Bonchev–Trinajstić information content (AvgIpc) is 3.12. The number of ether oxygens (including phenoxy) is 2. The number of hydrogen-bond acceptors (Lipinski definition) is 11. The first kappa shape index (κ1) is 47.5. The molecule has 0 aliphatic carbocycles. The van der Waals surface area contributed by atoms with Crippen molar-refractivity contribution in [1.29, 1.82) is 0 Å². The molecular weight excluding hydrogens is 989 g/mol. The number of benzene rings is 1. The number of hydrogen-bond donors (Lipinski definition) is 1. The van der Waals surface area contributed by atoms with Crippen LogP contribution in [0.15, 0.2) is 30.3 Å². The van der Waals surface area contributed by atoms with Crippen molar-refractivity contribution in [2.45, 2.75) is 103 Å². The fourth-order valence-electron chi connectivity index (χ4n) is 5.19. The minimum atomic E-state index is -1.25. The molecule has 0 spiro atoms. The third-order valence-electron chi connectivity index (χ3n) is 8.91. The first-order valence-electron chi connectivity index (χ1n) is 17.3. The van der Waals surface area contributed by atoms with Crippen molar-refractivity contribution in [1.82, 2.24) is 0 Å². The van der Waals surface area contributed by atoms with Crippen LogP contribution < -0.4 is 42.4 Å². The topological polar surface area (TPSA) is 144 Å². The van der Waals surface area contributed by atoms with Crippen molar-refractivity contribution in [3.05, 3.63) is 35.9 Å². The number of ketones is 1. The summed E-state index contributed by atoms with van der Waals surface area (Å²) in [7, 11) is 1.18. The van der Waals surface area contributed by atoms with Crippen molar-refractivity contribution in [2.75, 3.05) is 31.4 Å².